The molecule has 1 aliphatic carbocycles. The van der Waals surface area contributed by atoms with Crippen LogP contribution in [-0.4, -0.2) is 43.7 Å². The van der Waals surface area contributed by atoms with Crippen LogP contribution in [-0.2, 0) is 4.74 Å². The van der Waals surface area contributed by atoms with Gasteiger partial charge in [-0.25, -0.2) is 0 Å². The van der Waals surface area contributed by atoms with Gasteiger partial charge in [0.25, 0.3) is 5.91 Å². The zero-order chi connectivity index (χ0) is 14.7. The Balaban J connectivity index is 1.95. The molecule has 2 rings (SSSR count). The highest BCUT2D eigenvalue weighted by Crippen LogP contribution is 2.29. The Morgan fingerprint density at radius 1 is 1.45 bits per heavy atom. The lowest BCUT2D eigenvalue weighted by Crippen LogP contribution is -2.40. The Hall–Kier alpha value is -1.75. The van der Waals surface area contributed by atoms with Crippen LogP contribution < -0.4 is 11.1 Å². The number of carbonyl (C=O) groups excluding carboxylic acids is 1. The summed E-state index contributed by atoms with van der Waals surface area (Å²) in [5.74, 6) is -0.0386. The highest BCUT2D eigenvalue weighted by atomic mass is 16.5. The molecule has 1 saturated carbocycles. The molecule has 0 heterocycles. The van der Waals surface area contributed by atoms with E-state index in [9.17, 15) is 4.79 Å². The number of hydrogen-bond donors (Lipinski definition) is 2. The lowest BCUT2D eigenvalue weighted by molar-refractivity contribution is 0.00300. The second kappa shape index (κ2) is 6.13. The van der Waals surface area contributed by atoms with E-state index >= 15 is 0 Å². The summed E-state index contributed by atoms with van der Waals surface area (Å²) in [5, 5.41) is 3.40. The molecular formula is C15H23N3O2. The molecule has 20 heavy (non-hydrogen) atoms. The first-order chi connectivity index (χ1) is 9.51. The third kappa shape index (κ3) is 3.22. The van der Waals surface area contributed by atoms with Crippen LogP contribution in [0.2, 0.25) is 0 Å². The van der Waals surface area contributed by atoms with Crippen LogP contribution in [0, 0.1) is 0 Å². The first kappa shape index (κ1) is 14.7. The molecule has 0 radical (unpaired) electrons. The van der Waals surface area contributed by atoms with Crippen LogP contribution in [0.4, 0.5) is 11.4 Å². The summed E-state index contributed by atoms with van der Waals surface area (Å²) in [6.45, 7) is 2.78. The number of anilines is 2. The summed E-state index contributed by atoms with van der Waals surface area (Å²) in [7, 11) is 3.46. The van der Waals surface area contributed by atoms with Crippen molar-refractivity contribution in [3.63, 3.8) is 0 Å². The average molecular weight is 277 g/mol. The van der Waals surface area contributed by atoms with Crippen molar-refractivity contribution in [1.29, 1.82) is 0 Å². The molecule has 1 aromatic rings. The van der Waals surface area contributed by atoms with Gasteiger partial charge in [-0.15, -0.1) is 0 Å². The number of carbonyl (C=O) groups is 1. The van der Waals surface area contributed by atoms with Crippen LogP contribution in [0.25, 0.3) is 0 Å². The van der Waals surface area contributed by atoms with E-state index in [1.807, 2.05) is 13.0 Å². The van der Waals surface area contributed by atoms with Gasteiger partial charge in [-0.05, 0) is 38.0 Å². The van der Waals surface area contributed by atoms with Crippen LogP contribution in [0.5, 0.6) is 0 Å². The molecule has 5 heteroatoms. The number of amides is 1. The average Bonchev–Trinajstić information content (AvgIpc) is 2.37. The normalized spacial score (nSPS) is 21.1. The van der Waals surface area contributed by atoms with Gasteiger partial charge in [0.2, 0.25) is 0 Å². The summed E-state index contributed by atoms with van der Waals surface area (Å²) in [5.41, 5.74) is 8.12. The fourth-order valence-corrected chi connectivity index (χ4v) is 2.36. The second-order valence-corrected chi connectivity index (χ2v) is 5.39. The number of nitrogen functional groups attached to an aromatic ring is 1. The SMILES string of the molecule is CCOC1CC(Nc2ccc(C(=O)N(C)C)cc2N)C1. The van der Waals surface area contributed by atoms with Crippen molar-refractivity contribution in [1.82, 2.24) is 4.90 Å². The van der Waals surface area contributed by atoms with Crippen molar-refractivity contribution in [2.24, 2.45) is 0 Å². The predicted molar refractivity (Wildman–Crippen MR) is 80.9 cm³/mol. The minimum Gasteiger partial charge on any atom is -0.397 e. The molecule has 0 saturated heterocycles. The largest absolute Gasteiger partial charge is 0.397 e. The van der Waals surface area contributed by atoms with Gasteiger partial charge in [0.05, 0.1) is 17.5 Å². The minimum absolute atomic E-state index is 0.0386. The maximum absolute atomic E-state index is 11.8. The molecule has 1 aromatic carbocycles. The number of hydrogen-bond acceptors (Lipinski definition) is 4. The zero-order valence-electron chi connectivity index (χ0n) is 12.3. The van der Waals surface area contributed by atoms with Gasteiger partial charge in [-0.1, -0.05) is 0 Å². The van der Waals surface area contributed by atoms with Crippen molar-refractivity contribution >= 4 is 17.3 Å². The van der Waals surface area contributed by atoms with Gasteiger partial charge < -0.3 is 20.7 Å². The van der Waals surface area contributed by atoms with E-state index in [1.54, 1.807) is 31.1 Å². The van der Waals surface area contributed by atoms with E-state index in [-0.39, 0.29) is 5.91 Å². The van der Waals surface area contributed by atoms with Crippen LogP contribution in [0.3, 0.4) is 0 Å². The number of nitrogens with two attached hydrogens (primary N) is 1. The molecule has 5 nitrogen and oxygen atoms in total. The highest BCUT2D eigenvalue weighted by Gasteiger charge is 2.29. The quantitative estimate of drug-likeness (QED) is 0.807. The molecule has 0 aromatic heterocycles. The van der Waals surface area contributed by atoms with Crippen molar-refractivity contribution in [2.75, 3.05) is 31.8 Å². The Labute approximate surface area is 120 Å². The van der Waals surface area contributed by atoms with Gasteiger partial charge in [-0.2, -0.15) is 0 Å². The van der Waals surface area contributed by atoms with E-state index < -0.39 is 0 Å². The third-order valence-corrected chi connectivity index (χ3v) is 3.56. The van der Waals surface area contributed by atoms with E-state index in [0.717, 1.165) is 25.1 Å². The van der Waals surface area contributed by atoms with E-state index in [4.69, 9.17) is 10.5 Å². The third-order valence-electron chi connectivity index (χ3n) is 3.56. The van der Waals surface area contributed by atoms with Crippen molar-refractivity contribution in [3.8, 4) is 0 Å². The zero-order valence-corrected chi connectivity index (χ0v) is 12.3. The van der Waals surface area contributed by atoms with Crippen molar-refractivity contribution in [3.05, 3.63) is 23.8 Å². The van der Waals surface area contributed by atoms with Crippen LogP contribution in [0.1, 0.15) is 30.1 Å². The summed E-state index contributed by atoms with van der Waals surface area (Å²) < 4.78 is 5.53. The number of benzene rings is 1. The highest BCUT2D eigenvalue weighted by molar-refractivity contribution is 5.95. The summed E-state index contributed by atoms with van der Waals surface area (Å²) in [4.78, 5) is 13.4. The Bertz CT molecular complexity index is 482. The number of nitrogens with one attached hydrogen (secondary N) is 1. The molecule has 110 valence electrons. The smallest absolute Gasteiger partial charge is 0.253 e. The van der Waals surface area contributed by atoms with Crippen LogP contribution >= 0.6 is 0 Å². The van der Waals surface area contributed by atoms with Crippen LogP contribution in [0.15, 0.2) is 18.2 Å². The number of nitrogens with zero attached hydrogens (tertiary/aromatic N) is 1. The Morgan fingerprint density at radius 2 is 2.15 bits per heavy atom. The monoisotopic (exact) mass is 277 g/mol. The first-order valence-corrected chi connectivity index (χ1v) is 7.00. The molecule has 0 unspecified atom stereocenters. The lowest BCUT2D eigenvalue weighted by atomic mass is 9.89. The molecule has 0 bridgehead atoms. The van der Waals surface area contributed by atoms with E-state index in [0.29, 0.717) is 23.4 Å². The van der Waals surface area contributed by atoms with E-state index in [1.165, 1.54) is 0 Å². The molecule has 1 aliphatic rings. The molecule has 3 N–H and O–H groups in total. The molecule has 1 fully saturated rings. The fourth-order valence-electron chi connectivity index (χ4n) is 2.36. The molecular weight excluding hydrogens is 254 g/mol. The van der Waals surface area contributed by atoms with E-state index in [2.05, 4.69) is 5.32 Å². The Morgan fingerprint density at radius 3 is 2.70 bits per heavy atom. The lowest BCUT2D eigenvalue weighted by Gasteiger charge is -2.36. The maximum Gasteiger partial charge on any atom is 0.253 e. The molecule has 0 atom stereocenters. The molecule has 0 spiro atoms. The summed E-state index contributed by atoms with van der Waals surface area (Å²) >= 11 is 0. The summed E-state index contributed by atoms with van der Waals surface area (Å²) in [6.07, 6.45) is 2.38. The topological polar surface area (TPSA) is 67.6 Å². The van der Waals surface area contributed by atoms with Crippen molar-refractivity contribution in [2.45, 2.75) is 31.9 Å². The van der Waals surface area contributed by atoms with Gasteiger partial charge in [0.15, 0.2) is 0 Å². The molecule has 1 amide bonds. The molecule has 0 aliphatic heterocycles. The summed E-state index contributed by atoms with van der Waals surface area (Å²) in [6, 6.07) is 5.81. The van der Waals surface area contributed by atoms with Gasteiger partial charge >= 0.3 is 0 Å². The number of rotatable bonds is 5. The second-order valence-electron chi connectivity index (χ2n) is 5.39. The van der Waals surface area contributed by atoms with Gasteiger partial charge in [-0.3, -0.25) is 4.79 Å². The predicted octanol–water partition coefficient (Wildman–Crippen LogP) is 1.95. The van der Waals surface area contributed by atoms with Gasteiger partial charge in [0.1, 0.15) is 0 Å². The Kier molecular flexibility index (Phi) is 4.49. The maximum atomic E-state index is 11.8. The fraction of sp³-hybridized carbons (Fsp3) is 0.533. The number of ether oxygens (including phenoxy) is 1. The minimum atomic E-state index is -0.0386. The first-order valence-electron chi connectivity index (χ1n) is 7.00. The standard InChI is InChI=1S/C15H23N3O2/c1-4-20-12-8-11(9-12)17-14-6-5-10(7-13(14)16)15(19)18(2)3/h5-7,11-12,17H,4,8-9,16H2,1-3H3. The van der Waals surface area contributed by atoms with Crippen molar-refractivity contribution < 1.29 is 9.53 Å². The van der Waals surface area contributed by atoms with Gasteiger partial charge in [0, 0.05) is 32.3 Å².